The first kappa shape index (κ1) is 19.0. The van der Waals surface area contributed by atoms with Gasteiger partial charge in [-0.05, 0) is 32.8 Å². The zero-order valence-corrected chi connectivity index (χ0v) is 14.4. The van der Waals surface area contributed by atoms with Crippen molar-refractivity contribution >= 4 is 11.9 Å². The van der Waals surface area contributed by atoms with Gasteiger partial charge in [-0.25, -0.2) is 4.99 Å². The van der Waals surface area contributed by atoms with Crippen molar-refractivity contribution in [1.29, 1.82) is 0 Å². The molecular formula is C17H24F2N4O2. The maximum absolute atomic E-state index is 12.5. The lowest BCUT2D eigenvalue weighted by Crippen LogP contribution is -2.43. The highest BCUT2D eigenvalue weighted by atomic mass is 19.3. The lowest BCUT2D eigenvalue weighted by atomic mass is 10.1. The lowest BCUT2D eigenvalue weighted by Gasteiger charge is -2.13. The minimum Gasteiger partial charge on any atom is -0.434 e. The van der Waals surface area contributed by atoms with Gasteiger partial charge in [0.25, 0.3) is 0 Å². The van der Waals surface area contributed by atoms with Gasteiger partial charge in [0.2, 0.25) is 5.91 Å². The molecule has 0 radical (unpaired) electrons. The monoisotopic (exact) mass is 354 g/mol. The summed E-state index contributed by atoms with van der Waals surface area (Å²) in [7, 11) is 0. The summed E-state index contributed by atoms with van der Waals surface area (Å²) < 4.78 is 29.6. The number of carbonyl (C=O) groups is 1. The summed E-state index contributed by atoms with van der Waals surface area (Å²) in [4.78, 5) is 16.1. The fourth-order valence-electron chi connectivity index (χ4n) is 2.22. The molecule has 0 aromatic heterocycles. The number of carbonyl (C=O) groups excluding carboxylic acids is 1. The number of rotatable bonds is 8. The number of guanidine groups is 1. The average molecular weight is 354 g/mol. The van der Waals surface area contributed by atoms with Crippen molar-refractivity contribution in [2.24, 2.45) is 4.99 Å². The third-order valence-electron chi connectivity index (χ3n) is 3.54. The van der Waals surface area contributed by atoms with Crippen LogP contribution in [-0.2, 0) is 11.3 Å². The smallest absolute Gasteiger partial charge is 0.387 e. The first-order valence-corrected chi connectivity index (χ1v) is 8.33. The van der Waals surface area contributed by atoms with E-state index < -0.39 is 6.61 Å². The molecule has 0 spiro atoms. The van der Waals surface area contributed by atoms with Gasteiger partial charge in [-0.2, -0.15) is 8.78 Å². The van der Waals surface area contributed by atoms with E-state index in [1.54, 1.807) is 12.1 Å². The number of halogens is 2. The summed E-state index contributed by atoms with van der Waals surface area (Å²) >= 11 is 0. The number of aryl methyl sites for hydroxylation is 1. The minimum absolute atomic E-state index is 0.0922. The van der Waals surface area contributed by atoms with Crippen LogP contribution in [0.25, 0.3) is 0 Å². The van der Waals surface area contributed by atoms with Gasteiger partial charge in [0, 0.05) is 18.2 Å². The number of nitrogens with zero attached hydrogens (tertiary/aromatic N) is 1. The second kappa shape index (κ2) is 9.19. The van der Waals surface area contributed by atoms with Gasteiger partial charge >= 0.3 is 6.61 Å². The zero-order chi connectivity index (χ0) is 18.2. The van der Waals surface area contributed by atoms with Crippen molar-refractivity contribution in [1.82, 2.24) is 16.0 Å². The Hall–Kier alpha value is -2.38. The maximum Gasteiger partial charge on any atom is 0.387 e. The molecule has 1 aromatic rings. The molecule has 0 unspecified atom stereocenters. The summed E-state index contributed by atoms with van der Waals surface area (Å²) in [5.74, 6) is 0.454. The molecule has 0 saturated heterocycles. The van der Waals surface area contributed by atoms with E-state index in [9.17, 15) is 13.6 Å². The summed E-state index contributed by atoms with van der Waals surface area (Å²) in [6.07, 6.45) is 2.06. The molecule has 1 saturated carbocycles. The molecule has 2 rings (SSSR count). The molecule has 3 N–H and O–H groups in total. The molecule has 1 aliphatic carbocycles. The van der Waals surface area contributed by atoms with Crippen molar-refractivity contribution in [3.05, 3.63) is 29.3 Å². The molecule has 0 aliphatic heterocycles. The van der Waals surface area contributed by atoms with Gasteiger partial charge in [-0.1, -0.05) is 17.7 Å². The standard InChI is InChI=1S/C17H24F2N4O2/c1-3-20-17(22-10-15(24)23-13-5-6-13)21-9-12-8-11(2)4-7-14(12)25-16(18)19/h4,7-8,13,16H,3,5-6,9-10H2,1-2H3,(H,23,24)(H2,20,21,22). The summed E-state index contributed by atoms with van der Waals surface area (Å²) in [5.41, 5.74) is 1.48. The van der Waals surface area contributed by atoms with Crippen LogP contribution in [0.1, 0.15) is 30.9 Å². The Morgan fingerprint density at radius 2 is 2.12 bits per heavy atom. The van der Waals surface area contributed by atoms with Crippen LogP contribution in [-0.4, -0.2) is 37.6 Å². The Kier molecular flexibility index (Phi) is 6.97. The Morgan fingerprint density at radius 1 is 1.36 bits per heavy atom. The Morgan fingerprint density at radius 3 is 2.76 bits per heavy atom. The summed E-state index contributed by atoms with van der Waals surface area (Å²) in [5, 5.41) is 8.83. The van der Waals surface area contributed by atoms with Crippen LogP contribution in [0.15, 0.2) is 23.2 Å². The number of amides is 1. The first-order chi connectivity index (χ1) is 12.0. The quantitative estimate of drug-likeness (QED) is 0.493. The molecule has 0 atom stereocenters. The van der Waals surface area contributed by atoms with Crippen molar-refractivity contribution in [2.45, 2.75) is 45.9 Å². The summed E-state index contributed by atoms with van der Waals surface area (Å²) in [6, 6.07) is 5.27. The Balaban J connectivity index is 1.99. The SMILES string of the molecule is CCNC(=NCc1cc(C)ccc1OC(F)F)NCC(=O)NC1CC1. The maximum atomic E-state index is 12.5. The number of aliphatic imine (C=N–C) groups is 1. The highest BCUT2D eigenvalue weighted by Crippen LogP contribution is 2.23. The fourth-order valence-corrected chi connectivity index (χ4v) is 2.22. The third kappa shape index (κ3) is 6.94. The molecule has 1 fully saturated rings. The van der Waals surface area contributed by atoms with Gasteiger partial charge in [0.15, 0.2) is 5.96 Å². The fraction of sp³-hybridized carbons (Fsp3) is 0.529. The number of alkyl halides is 2. The number of hydrogen-bond acceptors (Lipinski definition) is 3. The molecule has 138 valence electrons. The van der Waals surface area contributed by atoms with Crippen molar-refractivity contribution in [3.8, 4) is 5.75 Å². The molecular weight excluding hydrogens is 330 g/mol. The van der Waals surface area contributed by atoms with Crippen LogP contribution in [0.2, 0.25) is 0 Å². The van der Waals surface area contributed by atoms with Crippen LogP contribution in [0.5, 0.6) is 5.75 Å². The molecule has 8 heteroatoms. The zero-order valence-electron chi connectivity index (χ0n) is 14.4. The van der Waals surface area contributed by atoms with Gasteiger partial charge in [0.1, 0.15) is 5.75 Å². The van der Waals surface area contributed by atoms with Gasteiger partial charge in [0.05, 0.1) is 13.1 Å². The molecule has 1 amide bonds. The highest BCUT2D eigenvalue weighted by Gasteiger charge is 2.23. The highest BCUT2D eigenvalue weighted by molar-refractivity contribution is 5.86. The molecule has 6 nitrogen and oxygen atoms in total. The van der Waals surface area contributed by atoms with Crippen molar-refractivity contribution < 1.29 is 18.3 Å². The van der Waals surface area contributed by atoms with Crippen LogP contribution in [0.3, 0.4) is 0 Å². The van der Waals surface area contributed by atoms with E-state index in [2.05, 4.69) is 25.7 Å². The Labute approximate surface area is 146 Å². The largest absolute Gasteiger partial charge is 0.434 e. The van der Waals surface area contributed by atoms with Crippen LogP contribution < -0.4 is 20.7 Å². The van der Waals surface area contributed by atoms with Crippen molar-refractivity contribution in [2.75, 3.05) is 13.1 Å². The van der Waals surface area contributed by atoms with E-state index in [-0.39, 0.29) is 24.7 Å². The van der Waals surface area contributed by atoms with E-state index in [1.807, 2.05) is 13.8 Å². The van der Waals surface area contributed by atoms with Crippen LogP contribution >= 0.6 is 0 Å². The van der Waals surface area contributed by atoms with Gasteiger partial charge in [-0.15, -0.1) is 0 Å². The summed E-state index contributed by atoms with van der Waals surface area (Å²) in [6.45, 7) is 1.76. The molecule has 0 heterocycles. The molecule has 1 aliphatic rings. The van der Waals surface area contributed by atoms with E-state index in [1.165, 1.54) is 6.07 Å². The second-order valence-corrected chi connectivity index (χ2v) is 5.88. The van der Waals surface area contributed by atoms with Crippen LogP contribution in [0, 0.1) is 6.92 Å². The Bertz CT molecular complexity index is 619. The van der Waals surface area contributed by atoms with E-state index in [0.29, 0.717) is 24.1 Å². The van der Waals surface area contributed by atoms with Crippen molar-refractivity contribution in [3.63, 3.8) is 0 Å². The number of ether oxygens (including phenoxy) is 1. The van der Waals surface area contributed by atoms with Crippen LogP contribution in [0.4, 0.5) is 8.78 Å². The topological polar surface area (TPSA) is 74.8 Å². The van der Waals surface area contributed by atoms with Gasteiger partial charge < -0.3 is 20.7 Å². The van der Waals surface area contributed by atoms with E-state index >= 15 is 0 Å². The minimum atomic E-state index is -2.89. The molecule has 1 aromatic carbocycles. The van der Waals surface area contributed by atoms with E-state index in [4.69, 9.17) is 0 Å². The third-order valence-corrected chi connectivity index (χ3v) is 3.54. The predicted octanol–water partition coefficient (Wildman–Crippen LogP) is 1.93. The predicted molar refractivity (Wildman–Crippen MR) is 91.8 cm³/mol. The number of nitrogens with one attached hydrogen (secondary N) is 3. The second-order valence-electron chi connectivity index (χ2n) is 5.88. The number of hydrogen-bond donors (Lipinski definition) is 3. The number of benzene rings is 1. The molecule has 0 bridgehead atoms. The normalized spacial score (nSPS) is 14.4. The van der Waals surface area contributed by atoms with Gasteiger partial charge in [-0.3, -0.25) is 4.79 Å². The average Bonchev–Trinajstić information content (AvgIpc) is 3.36. The first-order valence-electron chi connectivity index (χ1n) is 8.33. The molecule has 25 heavy (non-hydrogen) atoms. The lowest BCUT2D eigenvalue weighted by molar-refractivity contribution is -0.120. The van der Waals surface area contributed by atoms with E-state index in [0.717, 1.165) is 18.4 Å².